The van der Waals surface area contributed by atoms with Crippen molar-refractivity contribution in [2.24, 2.45) is 0 Å². The molecule has 0 heterocycles. The number of esters is 1. The van der Waals surface area contributed by atoms with Gasteiger partial charge in [-0.25, -0.2) is 4.39 Å². The maximum Gasteiger partial charge on any atom is 0.316 e. The molecule has 0 radical (unpaired) electrons. The van der Waals surface area contributed by atoms with Crippen molar-refractivity contribution in [2.75, 3.05) is 21.3 Å². The second kappa shape index (κ2) is 4.90. The van der Waals surface area contributed by atoms with E-state index in [2.05, 4.69) is 0 Å². The monoisotopic (exact) mass is 268 g/mol. The highest BCUT2D eigenvalue weighted by atomic mass is 19.1. The van der Waals surface area contributed by atoms with E-state index in [4.69, 9.17) is 14.2 Å². The Bertz CT molecular complexity index is 474. The molecule has 1 aliphatic carbocycles. The van der Waals surface area contributed by atoms with Gasteiger partial charge in [-0.3, -0.25) is 4.79 Å². The summed E-state index contributed by atoms with van der Waals surface area (Å²) in [7, 11) is 4.31. The summed E-state index contributed by atoms with van der Waals surface area (Å²) in [5, 5.41) is 0. The Hall–Kier alpha value is -1.46. The molecule has 0 aliphatic heterocycles. The number of methoxy groups -OCH3 is 3. The first kappa shape index (κ1) is 14.0. The molecule has 0 saturated heterocycles. The van der Waals surface area contributed by atoms with Gasteiger partial charge in [0.25, 0.3) is 0 Å². The molecule has 0 unspecified atom stereocenters. The lowest BCUT2D eigenvalue weighted by Crippen LogP contribution is -2.61. The van der Waals surface area contributed by atoms with Crippen molar-refractivity contribution in [3.8, 4) is 0 Å². The highest BCUT2D eigenvalue weighted by Gasteiger charge is 2.62. The lowest BCUT2D eigenvalue weighted by Gasteiger charge is -2.52. The molecular formula is C14H17FO4. The van der Waals surface area contributed by atoms with Crippen molar-refractivity contribution in [1.29, 1.82) is 0 Å². The Morgan fingerprint density at radius 3 is 2.21 bits per heavy atom. The standard InChI is InChI=1S/C14H17FO4/c1-17-12(16)13(8-14(9-13,18-2)19-3)10-6-4-5-7-11(10)15/h4-7H,8-9H2,1-3H3. The number of carbonyl (C=O) groups excluding carboxylic acids is 1. The van der Waals surface area contributed by atoms with Gasteiger partial charge in [-0.15, -0.1) is 0 Å². The van der Waals surface area contributed by atoms with E-state index >= 15 is 0 Å². The van der Waals surface area contributed by atoms with Crippen LogP contribution in [0.3, 0.4) is 0 Å². The number of rotatable bonds is 4. The van der Waals surface area contributed by atoms with Crippen LogP contribution in [0.1, 0.15) is 18.4 Å². The quantitative estimate of drug-likeness (QED) is 0.619. The summed E-state index contributed by atoms with van der Waals surface area (Å²) >= 11 is 0. The van der Waals surface area contributed by atoms with Crippen LogP contribution in [0.5, 0.6) is 0 Å². The fourth-order valence-electron chi connectivity index (χ4n) is 2.73. The third-order valence-electron chi connectivity index (χ3n) is 3.85. The van der Waals surface area contributed by atoms with Crippen LogP contribution in [0.15, 0.2) is 24.3 Å². The van der Waals surface area contributed by atoms with Gasteiger partial charge in [-0.05, 0) is 6.07 Å². The first-order chi connectivity index (χ1) is 9.03. The van der Waals surface area contributed by atoms with E-state index in [1.165, 1.54) is 27.4 Å². The Labute approximate surface area is 111 Å². The van der Waals surface area contributed by atoms with Crippen LogP contribution in [0.2, 0.25) is 0 Å². The van der Waals surface area contributed by atoms with E-state index in [1.807, 2.05) is 0 Å². The summed E-state index contributed by atoms with van der Waals surface area (Å²) < 4.78 is 29.4. The minimum Gasteiger partial charge on any atom is -0.468 e. The normalized spacial score (nSPS) is 19.6. The molecule has 1 aliphatic rings. The fraction of sp³-hybridized carbons (Fsp3) is 0.500. The summed E-state index contributed by atoms with van der Waals surface area (Å²) in [5.74, 6) is -1.74. The Balaban J connectivity index is 2.41. The molecule has 1 fully saturated rings. The predicted molar refractivity (Wildman–Crippen MR) is 66.1 cm³/mol. The molecule has 0 amide bonds. The molecule has 1 saturated carbocycles. The van der Waals surface area contributed by atoms with E-state index in [0.29, 0.717) is 5.56 Å². The molecule has 4 nitrogen and oxygen atoms in total. The molecule has 2 rings (SSSR count). The predicted octanol–water partition coefficient (Wildman–Crippen LogP) is 2.02. The molecular weight excluding hydrogens is 251 g/mol. The number of benzene rings is 1. The number of hydrogen-bond acceptors (Lipinski definition) is 4. The topological polar surface area (TPSA) is 44.8 Å². The van der Waals surface area contributed by atoms with Crippen LogP contribution in [0.25, 0.3) is 0 Å². The Morgan fingerprint density at radius 2 is 1.74 bits per heavy atom. The van der Waals surface area contributed by atoms with Gasteiger partial charge in [0.2, 0.25) is 0 Å². The average Bonchev–Trinajstić information content (AvgIpc) is 2.40. The molecule has 1 aromatic rings. The van der Waals surface area contributed by atoms with Crippen LogP contribution >= 0.6 is 0 Å². The van der Waals surface area contributed by atoms with Crippen molar-refractivity contribution in [3.05, 3.63) is 35.6 Å². The van der Waals surface area contributed by atoms with Crippen LogP contribution in [0.4, 0.5) is 4.39 Å². The van der Waals surface area contributed by atoms with Crippen LogP contribution < -0.4 is 0 Å². The van der Waals surface area contributed by atoms with E-state index in [-0.39, 0.29) is 12.8 Å². The summed E-state index contributed by atoms with van der Waals surface area (Å²) in [5.41, 5.74) is -0.710. The second-order valence-corrected chi connectivity index (χ2v) is 4.73. The number of halogens is 1. The van der Waals surface area contributed by atoms with Crippen molar-refractivity contribution in [3.63, 3.8) is 0 Å². The van der Waals surface area contributed by atoms with Crippen LogP contribution in [0, 0.1) is 5.82 Å². The zero-order chi connectivity index (χ0) is 14.1. The first-order valence-electron chi connectivity index (χ1n) is 5.97. The van der Waals surface area contributed by atoms with Crippen LogP contribution in [-0.2, 0) is 24.4 Å². The maximum atomic E-state index is 14.0. The Kier molecular flexibility index (Phi) is 3.60. The van der Waals surface area contributed by atoms with E-state index in [1.54, 1.807) is 18.2 Å². The van der Waals surface area contributed by atoms with Gasteiger partial charge in [0, 0.05) is 32.6 Å². The summed E-state index contributed by atoms with van der Waals surface area (Å²) in [4.78, 5) is 12.1. The first-order valence-corrected chi connectivity index (χ1v) is 5.97. The zero-order valence-electron chi connectivity index (χ0n) is 11.2. The molecule has 104 valence electrons. The zero-order valence-corrected chi connectivity index (χ0v) is 11.2. The number of carbonyl (C=O) groups is 1. The van der Waals surface area contributed by atoms with Gasteiger partial charge in [0.05, 0.1) is 7.11 Å². The number of hydrogen-bond donors (Lipinski definition) is 0. The fourth-order valence-corrected chi connectivity index (χ4v) is 2.73. The highest BCUT2D eigenvalue weighted by Crippen LogP contribution is 2.53. The van der Waals surface area contributed by atoms with Gasteiger partial charge in [0.1, 0.15) is 11.2 Å². The maximum absolute atomic E-state index is 14.0. The van der Waals surface area contributed by atoms with Crippen molar-refractivity contribution < 1.29 is 23.4 Å². The molecule has 0 N–H and O–H groups in total. The third-order valence-corrected chi connectivity index (χ3v) is 3.85. The van der Waals surface area contributed by atoms with Gasteiger partial charge >= 0.3 is 5.97 Å². The lowest BCUT2D eigenvalue weighted by atomic mass is 9.60. The Morgan fingerprint density at radius 1 is 1.16 bits per heavy atom. The van der Waals surface area contributed by atoms with Gasteiger partial charge in [0.15, 0.2) is 5.79 Å². The van der Waals surface area contributed by atoms with Gasteiger partial charge in [-0.1, -0.05) is 18.2 Å². The third kappa shape index (κ3) is 2.03. The van der Waals surface area contributed by atoms with E-state index < -0.39 is 23.0 Å². The molecule has 1 aromatic carbocycles. The largest absolute Gasteiger partial charge is 0.468 e. The van der Waals surface area contributed by atoms with Crippen molar-refractivity contribution >= 4 is 5.97 Å². The molecule has 0 bridgehead atoms. The number of ether oxygens (including phenoxy) is 3. The molecule has 19 heavy (non-hydrogen) atoms. The SMILES string of the molecule is COC(=O)C1(c2ccccc2F)CC(OC)(OC)C1. The van der Waals surface area contributed by atoms with E-state index in [9.17, 15) is 9.18 Å². The second-order valence-electron chi connectivity index (χ2n) is 4.73. The summed E-state index contributed by atoms with van der Waals surface area (Å²) in [6, 6.07) is 6.21. The minimum atomic E-state index is -1.04. The smallest absolute Gasteiger partial charge is 0.316 e. The van der Waals surface area contributed by atoms with Gasteiger partial charge < -0.3 is 14.2 Å². The van der Waals surface area contributed by atoms with Crippen molar-refractivity contribution in [2.45, 2.75) is 24.0 Å². The summed E-state index contributed by atoms with van der Waals surface area (Å²) in [6.45, 7) is 0. The average molecular weight is 268 g/mol. The highest BCUT2D eigenvalue weighted by molar-refractivity contribution is 5.85. The minimum absolute atomic E-state index is 0.237. The van der Waals surface area contributed by atoms with Crippen LogP contribution in [-0.4, -0.2) is 33.1 Å². The molecule has 0 aromatic heterocycles. The van der Waals surface area contributed by atoms with E-state index in [0.717, 1.165) is 0 Å². The molecule has 5 heteroatoms. The lowest BCUT2D eigenvalue weighted by molar-refractivity contribution is -0.278. The van der Waals surface area contributed by atoms with Gasteiger partial charge in [-0.2, -0.15) is 0 Å². The summed E-state index contributed by atoms with van der Waals surface area (Å²) in [6.07, 6.45) is 0.473. The molecule has 0 atom stereocenters. The van der Waals surface area contributed by atoms with Crippen molar-refractivity contribution in [1.82, 2.24) is 0 Å². The molecule has 0 spiro atoms.